The molecular weight excluding hydrogens is 405 g/mol. The Morgan fingerprint density at radius 1 is 0.968 bits per heavy atom. The van der Waals surface area contributed by atoms with Gasteiger partial charge in [0, 0.05) is 25.0 Å². The van der Waals surface area contributed by atoms with Crippen LogP contribution in [0.5, 0.6) is 0 Å². The number of anilines is 1. The normalized spacial score (nSPS) is 11.9. The minimum atomic E-state index is -2.08. The van der Waals surface area contributed by atoms with Crippen LogP contribution >= 0.6 is 0 Å². The maximum atomic E-state index is 14.8. The summed E-state index contributed by atoms with van der Waals surface area (Å²) in [5.74, 6) is -1.75. The Hall–Kier alpha value is -3.94. The summed E-state index contributed by atoms with van der Waals surface area (Å²) >= 11 is 0. The first-order valence-corrected chi connectivity index (χ1v) is 9.38. The topological polar surface area (TPSA) is 59.8 Å². The van der Waals surface area contributed by atoms with Gasteiger partial charge in [-0.05, 0) is 59.7 Å². The highest BCUT2D eigenvalue weighted by Crippen LogP contribution is 2.37. The lowest BCUT2D eigenvalue weighted by Gasteiger charge is -2.12. The van der Waals surface area contributed by atoms with Crippen LogP contribution < -0.4 is 5.32 Å². The van der Waals surface area contributed by atoms with Crippen molar-refractivity contribution >= 4 is 11.7 Å². The van der Waals surface area contributed by atoms with Gasteiger partial charge in [-0.15, -0.1) is 0 Å². The molecule has 0 bridgehead atoms. The molecule has 2 aromatic heterocycles. The third-order valence-electron chi connectivity index (χ3n) is 4.75. The number of nitrogens with one attached hydrogen (secondary N) is 1. The van der Waals surface area contributed by atoms with E-state index in [4.69, 9.17) is 0 Å². The van der Waals surface area contributed by atoms with Crippen LogP contribution in [0.1, 0.15) is 11.7 Å². The molecule has 1 N–H and O–H groups in total. The fourth-order valence-corrected chi connectivity index (χ4v) is 3.26. The van der Waals surface area contributed by atoms with Crippen molar-refractivity contribution in [2.75, 3.05) is 5.32 Å². The second-order valence-corrected chi connectivity index (χ2v) is 6.85. The first kappa shape index (κ1) is 20.3. The van der Waals surface area contributed by atoms with Gasteiger partial charge < -0.3 is 5.32 Å². The van der Waals surface area contributed by atoms with Crippen LogP contribution in [-0.2, 0) is 11.8 Å². The predicted octanol–water partition coefficient (Wildman–Crippen LogP) is 5.08. The molecule has 1 unspecified atom stereocenters. The number of carbonyl (C=O) groups is 1. The van der Waals surface area contributed by atoms with Gasteiger partial charge in [0.15, 0.2) is 0 Å². The summed E-state index contributed by atoms with van der Waals surface area (Å²) in [6.07, 6.45) is 1.07. The molecule has 0 saturated heterocycles. The lowest BCUT2D eigenvalue weighted by molar-refractivity contribution is -0.121. The van der Waals surface area contributed by atoms with E-state index in [-0.39, 0.29) is 11.4 Å². The number of carbonyl (C=O) groups excluding carboxylic acids is 1. The summed E-state index contributed by atoms with van der Waals surface area (Å²) in [4.78, 5) is 16.6. The van der Waals surface area contributed by atoms with E-state index in [0.717, 1.165) is 6.07 Å². The van der Waals surface area contributed by atoms with E-state index >= 15 is 0 Å². The van der Waals surface area contributed by atoms with Crippen molar-refractivity contribution in [1.82, 2.24) is 14.8 Å². The molecule has 31 heavy (non-hydrogen) atoms. The highest BCUT2D eigenvalue weighted by atomic mass is 19.1. The Labute approximate surface area is 176 Å². The monoisotopic (exact) mass is 422 g/mol. The number of aromatic nitrogens is 3. The third kappa shape index (κ3) is 4.18. The van der Waals surface area contributed by atoms with Crippen LogP contribution in [0.3, 0.4) is 0 Å². The van der Waals surface area contributed by atoms with Crippen LogP contribution in [0.4, 0.5) is 19.0 Å². The molecule has 156 valence electrons. The molecule has 4 rings (SSSR count). The summed E-state index contributed by atoms with van der Waals surface area (Å²) in [7, 11) is 1.60. The van der Waals surface area contributed by atoms with Crippen molar-refractivity contribution in [3.8, 4) is 22.4 Å². The molecule has 2 aromatic carbocycles. The van der Waals surface area contributed by atoms with Gasteiger partial charge in [0.2, 0.25) is 6.17 Å². The Bertz CT molecular complexity index is 1220. The Morgan fingerprint density at radius 3 is 2.35 bits per heavy atom. The first-order chi connectivity index (χ1) is 14.9. The molecule has 4 aromatic rings. The lowest BCUT2D eigenvalue weighted by Crippen LogP contribution is -2.20. The zero-order valence-electron chi connectivity index (χ0n) is 16.4. The third-order valence-corrected chi connectivity index (χ3v) is 4.75. The van der Waals surface area contributed by atoms with Crippen LogP contribution in [-0.4, -0.2) is 20.7 Å². The smallest absolute Gasteiger partial charge is 0.264 e. The zero-order valence-corrected chi connectivity index (χ0v) is 16.4. The van der Waals surface area contributed by atoms with Crippen molar-refractivity contribution in [2.45, 2.75) is 6.17 Å². The summed E-state index contributed by atoms with van der Waals surface area (Å²) in [5.41, 5.74) is 2.20. The number of aryl methyl sites for hydroxylation is 1. The molecule has 0 saturated carbocycles. The van der Waals surface area contributed by atoms with Gasteiger partial charge in [-0.3, -0.25) is 14.5 Å². The number of pyridine rings is 1. The molecule has 0 radical (unpaired) electrons. The fourth-order valence-electron chi connectivity index (χ4n) is 3.26. The number of nitrogens with zero attached hydrogens (tertiary/aromatic N) is 3. The van der Waals surface area contributed by atoms with Crippen molar-refractivity contribution < 1.29 is 18.0 Å². The molecule has 0 fully saturated rings. The average Bonchev–Trinajstić information content (AvgIpc) is 3.10. The van der Waals surface area contributed by atoms with Gasteiger partial charge in [-0.2, -0.15) is 5.10 Å². The molecule has 5 nitrogen and oxygen atoms in total. The number of benzene rings is 2. The van der Waals surface area contributed by atoms with Crippen molar-refractivity contribution in [3.05, 3.63) is 90.3 Å². The molecule has 1 amide bonds. The molecule has 1 atom stereocenters. The molecule has 2 heterocycles. The molecule has 8 heteroatoms. The number of hydrogen-bond acceptors (Lipinski definition) is 3. The highest BCUT2D eigenvalue weighted by Gasteiger charge is 2.25. The van der Waals surface area contributed by atoms with Gasteiger partial charge in [-0.1, -0.05) is 12.1 Å². The van der Waals surface area contributed by atoms with Gasteiger partial charge in [0.25, 0.3) is 5.91 Å². The van der Waals surface area contributed by atoms with E-state index in [1.807, 2.05) is 0 Å². The Balaban J connectivity index is 1.77. The Kier molecular flexibility index (Phi) is 5.53. The highest BCUT2D eigenvalue weighted by molar-refractivity contribution is 6.00. The van der Waals surface area contributed by atoms with Crippen LogP contribution in [0, 0.1) is 11.6 Å². The zero-order chi connectivity index (χ0) is 22.0. The first-order valence-electron chi connectivity index (χ1n) is 9.38. The second-order valence-electron chi connectivity index (χ2n) is 6.85. The summed E-state index contributed by atoms with van der Waals surface area (Å²) in [6.45, 7) is 0. The van der Waals surface area contributed by atoms with E-state index in [0.29, 0.717) is 22.4 Å². The average molecular weight is 422 g/mol. The number of amides is 1. The quantitative estimate of drug-likeness (QED) is 0.488. The van der Waals surface area contributed by atoms with E-state index in [2.05, 4.69) is 15.4 Å². The molecular formula is C23H17F3N4O. The minimum Gasteiger partial charge on any atom is -0.308 e. The van der Waals surface area contributed by atoms with Gasteiger partial charge >= 0.3 is 0 Å². The largest absolute Gasteiger partial charge is 0.308 e. The van der Waals surface area contributed by atoms with E-state index in [9.17, 15) is 18.0 Å². The number of alkyl halides is 1. The van der Waals surface area contributed by atoms with Crippen molar-refractivity contribution in [2.24, 2.45) is 7.05 Å². The van der Waals surface area contributed by atoms with Gasteiger partial charge in [0.1, 0.15) is 23.1 Å². The second kappa shape index (κ2) is 8.43. The maximum absolute atomic E-state index is 14.8. The predicted molar refractivity (Wildman–Crippen MR) is 111 cm³/mol. The van der Waals surface area contributed by atoms with Crippen molar-refractivity contribution in [1.29, 1.82) is 0 Å². The fraction of sp³-hybridized carbons (Fsp3) is 0.0870. The Morgan fingerprint density at radius 2 is 1.68 bits per heavy atom. The number of halogens is 3. The summed E-state index contributed by atoms with van der Waals surface area (Å²) in [6, 6.07) is 14.0. The molecule has 0 aliphatic rings. The SMILES string of the molecule is Cn1nc(-c2ccc(F)cc2)c(-c2ccncc2)c1NC(=O)C(F)c1cccc(F)c1. The minimum absolute atomic E-state index is 0.0936. The summed E-state index contributed by atoms with van der Waals surface area (Å²) < 4.78 is 43.0. The standard InChI is InChI=1S/C23H17F3N4O/c1-30-22(28-23(31)20(26)16-3-2-4-18(25)13-16)19(14-9-11-27-12-10-14)21(29-30)15-5-7-17(24)8-6-15/h2-13,20H,1H3,(H,28,31). The molecule has 0 aliphatic heterocycles. The van der Waals surface area contributed by atoms with Crippen LogP contribution in [0.2, 0.25) is 0 Å². The van der Waals surface area contributed by atoms with Crippen LogP contribution in [0.25, 0.3) is 22.4 Å². The molecule has 0 aliphatic carbocycles. The van der Waals surface area contributed by atoms with E-state index < -0.39 is 23.7 Å². The van der Waals surface area contributed by atoms with Crippen LogP contribution in [0.15, 0.2) is 73.1 Å². The lowest BCUT2D eigenvalue weighted by atomic mass is 10.0. The van der Waals surface area contributed by atoms with Gasteiger partial charge in [-0.25, -0.2) is 13.2 Å². The number of rotatable bonds is 5. The van der Waals surface area contributed by atoms with E-state index in [1.165, 1.54) is 35.0 Å². The van der Waals surface area contributed by atoms with E-state index in [1.54, 1.807) is 43.7 Å². The van der Waals surface area contributed by atoms with Gasteiger partial charge in [0.05, 0.1) is 5.56 Å². The number of hydrogen-bond donors (Lipinski definition) is 1. The van der Waals surface area contributed by atoms with Crippen molar-refractivity contribution in [3.63, 3.8) is 0 Å². The molecule has 0 spiro atoms. The summed E-state index contributed by atoms with van der Waals surface area (Å²) in [5, 5.41) is 7.03. The maximum Gasteiger partial charge on any atom is 0.264 e.